The number of nitrogens with one attached hydrogen (secondary N) is 2. The standard InChI is InChI=1S/C21H25N5O5S/c1-12-6-5-7-14(22-12)23-16(27)11-26(3)10-15-24-19(28)17-13(2)18(32-20(17)25-15)21(29)31-9-8-30-4/h5-7H,8-11H2,1-4H3,(H,22,23,27)(H,24,25,28). The van der Waals surface area contributed by atoms with E-state index >= 15 is 0 Å². The Bertz CT molecular complexity index is 1190. The van der Waals surface area contributed by atoms with Crippen LogP contribution in [-0.4, -0.2) is 65.6 Å². The zero-order valence-corrected chi connectivity index (χ0v) is 19.2. The number of carbonyl (C=O) groups is 2. The number of thiophene rings is 1. The minimum absolute atomic E-state index is 0.0813. The van der Waals surface area contributed by atoms with Gasteiger partial charge in [-0.1, -0.05) is 6.07 Å². The number of anilines is 1. The van der Waals surface area contributed by atoms with E-state index in [0.717, 1.165) is 17.0 Å². The molecule has 3 rings (SSSR count). The summed E-state index contributed by atoms with van der Waals surface area (Å²) in [6.45, 7) is 4.28. The van der Waals surface area contributed by atoms with Gasteiger partial charge < -0.3 is 19.8 Å². The van der Waals surface area contributed by atoms with Crippen LogP contribution in [0.4, 0.5) is 5.82 Å². The monoisotopic (exact) mass is 459 g/mol. The van der Waals surface area contributed by atoms with Crippen molar-refractivity contribution in [1.82, 2.24) is 19.9 Å². The molecule has 0 saturated carbocycles. The van der Waals surface area contributed by atoms with Crippen molar-refractivity contribution in [2.75, 3.05) is 39.2 Å². The number of pyridine rings is 1. The lowest BCUT2D eigenvalue weighted by Crippen LogP contribution is -2.31. The topological polar surface area (TPSA) is 127 Å². The van der Waals surface area contributed by atoms with Crippen molar-refractivity contribution in [2.24, 2.45) is 0 Å². The molecule has 0 aliphatic rings. The highest BCUT2D eigenvalue weighted by atomic mass is 32.1. The second kappa shape index (κ2) is 10.4. The van der Waals surface area contributed by atoms with E-state index in [4.69, 9.17) is 9.47 Å². The molecule has 3 aromatic heterocycles. The Balaban J connectivity index is 1.70. The Hall–Kier alpha value is -3.15. The first-order chi connectivity index (χ1) is 15.3. The molecule has 10 nitrogen and oxygen atoms in total. The van der Waals surface area contributed by atoms with Gasteiger partial charge in [0.2, 0.25) is 5.91 Å². The molecule has 1 amide bonds. The van der Waals surface area contributed by atoms with Crippen molar-refractivity contribution in [3.8, 4) is 0 Å². The number of aromatic amines is 1. The second-order valence-corrected chi connectivity index (χ2v) is 8.26. The van der Waals surface area contributed by atoms with Crippen molar-refractivity contribution in [3.05, 3.63) is 50.5 Å². The Labute approximate surface area is 188 Å². The first kappa shape index (κ1) is 23.5. The first-order valence-corrected chi connectivity index (χ1v) is 10.7. The van der Waals surface area contributed by atoms with Crippen LogP contribution in [-0.2, 0) is 20.8 Å². The molecule has 0 radical (unpaired) electrons. The molecular formula is C21H25N5O5S. The van der Waals surface area contributed by atoms with Gasteiger partial charge in [-0.15, -0.1) is 11.3 Å². The molecule has 0 unspecified atom stereocenters. The lowest BCUT2D eigenvalue weighted by Gasteiger charge is -2.15. The van der Waals surface area contributed by atoms with E-state index < -0.39 is 5.97 Å². The van der Waals surface area contributed by atoms with Gasteiger partial charge in [0.15, 0.2) is 0 Å². The lowest BCUT2D eigenvalue weighted by molar-refractivity contribution is -0.117. The van der Waals surface area contributed by atoms with Gasteiger partial charge in [-0.05, 0) is 38.6 Å². The van der Waals surface area contributed by atoms with Crippen LogP contribution < -0.4 is 10.9 Å². The predicted molar refractivity (Wildman–Crippen MR) is 121 cm³/mol. The van der Waals surface area contributed by atoms with Gasteiger partial charge in [0.1, 0.15) is 28.0 Å². The molecule has 0 fully saturated rings. The normalized spacial score (nSPS) is 11.2. The number of methoxy groups -OCH3 is 1. The maximum absolute atomic E-state index is 12.6. The summed E-state index contributed by atoms with van der Waals surface area (Å²) in [5.74, 6) is 0.131. The molecular weight excluding hydrogens is 434 g/mol. The third-order valence-electron chi connectivity index (χ3n) is 4.54. The summed E-state index contributed by atoms with van der Waals surface area (Å²) in [5.41, 5.74) is 1.00. The molecule has 3 aromatic rings. The largest absolute Gasteiger partial charge is 0.459 e. The average Bonchev–Trinajstić information content (AvgIpc) is 3.04. The number of nitrogens with zero attached hydrogens (tertiary/aromatic N) is 3. The second-order valence-electron chi connectivity index (χ2n) is 7.26. The number of aromatic nitrogens is 3. The molecule has 0 spiro atoms. The number of esters is 1. The number of aryl methyl sites for hydroxylation is 2. The molecule has 0 atom stereocenters. The van der Waals surface area contributed by atoms with E-state index in [2.05, 4.69) is 20.3 Å². The molecule has 2 N–H and O–H groups in total. The van der Waals surface area contributed by atoms with Crippen molar-refractivity contribution >= 4 is 39.2 Å². The van der Waals surface area contributed by atoms with Gasteiger partial charge >= 0.3 is 5.97 Å². The Morgan fingerprint density at radius 2 is 2.00 bits per heavy atom. The quantitative estimate of drug-likeness (QED) is 0.367. The van der Waals surface area contributed by atoms with Crippen molar-refractivity contribution < 1.29 is 19.1 Å². The van der Waals surface area contributed by atoms with Gasteiger partial charge in [0.05, 0.1) is 25.1 Å². The number of hydrogen-bond donors (Lipinski definition) is 2. The molecule has 0 aromatic carbocycles. The molecule has 0 aliphatic heterocycles. The Kier molecular flexibility index (Phi) is 7.67. The van der Waals surface area contributed by atoms with Crippen LogP contribution in [0.1, 0.15) is 26.8 Å². The van der Waals surface area contributed by atoms with E-state index in [0.29, 0.717) is 38.9 Å². The number of amides is 1. The van der Waals surface area contributed by atoms with Crippen LogP contribution in [0, 0.1) is 13.8 Å². The van der Waals surface area contributed by atoms with Crippen molar-refractivity contribution in [2.45, 2.75) is 20.4 Å². The number of H-pyrrole nitrogens is 1. The van der Waals surface area contributed by atoms with E-state index in [1.54, 1.807) is 24.9 Å². The van der Waals surface area contributed by atoms with Crippen LogP contribution >= 0.6 is 11.3 Å². The summed E-state index contributed by atoms with van der Waals surface area (Å²) in [6.07, 6.45) is 0. The number of likely N-dealkylation sites (N-methyl/N-ethyl adjacent to an activating group) is 1. The van der Waals surface area contributed by atoms with Crippen LogP contribution in [0.3, 0.4) is 0 Å². The number of carbonyl (C=O) groups excluding carboxylic acids is 2. The highest BCUT2D eigenvalue weighted by Gasteiger charge is 2.21. The number of rotatable bonds is 9. The SMILES string of the molecule is COCCOC(=O)c1sc2nc(CN(C)CC(=O)Nc3cccc(C)n3)[nH]c(=O)c2c1C. The Morgan fingerprint density at radius 1 is 1.22 bits per heavy atom. The molecule has 0 bridgehead atoms. The van der Waals surface area contributed by atoms with Crippen LogP contribution in [0.2, 0.25) is 0 Å². The van der Waals surface area contributed by atoms with Gasteiger partial charge in [0, 0.05) is 12.8 Å². The van der Waals surface area contributed by atoms with E-state index in [-0.39, 0.29) is 31.2 Å². The van der Waals surface area contributed by atoms with Gasteiger partial charge in [-0.25, -0.2) is 14.8 Å². The van der Waals surface area contributed by atoms with Gasteiger partial charge in [0.25, 0.3) is 5.56 Å². The molecule has 0 aliphatic carbocycles. The first-order valence-electron chi connectivity index (χ1n) is 9.89. The maximum atomic E-state index is 12.6. The molecule has 32 heavy (non-hydrogen) atoms. The van der Waals surface area contributed by atoms with Crippen LogP contribution in [0.15, 0.2) is 23.0 Å². The molecule has 3 heterocycles. The summed E-state index contributed by atoms with van der Waals surface area (Å²) in [6, 6.07) is 5.38. The van der Waals surface area contributed by atoms with E-state index in [9.17, 15) is 14.4 Å². The Morgan fingerprint density at radius 3 is 2.72 bits per heavy atom. The third kappa shape index (κ3) is 5.75. The van der Waals surface area contributed by atoms with E-state index in [1.165, 1.54) is 7.11 Å². The minimum atomic E-state index is -0.512. The highest BCUT2D eigenvalue weighted by Crippen LogP contribution is 2.27. The van der Waals surface area contributed by atoms with Crippen LogP contribution in [0.25, 0.3) is 10.2 Å². The number of hydrogen-bond acceptors (Lipinski definition) is 9. The summed E-state index contributed by atoms with van der Waals surface area (Å²) in [7, 11) is 3.26. The summed E-state index contributed by atoms with van der Waals surface area (Å²) in [4.78, 5) is 51.2. The zero-order chi connectivity index (χ0) is 23.3. The zero-order valence-electron chi connectivity index (χ0n) is 18.4. The minimum Gasteiger partial charge on any atom is -0.459 e. The number of fused-ring (bicyclic) bond motifs is 1. The fourth-order valence-corrected chi connectivity index (χ4v) is 4.19. The lowest BCUT2D eigenvalue weighted by atomic mass is 10.2. The maximum Gasteiger partial charge on any atom is 0.348 e. The number of ether oxygens (including phenoxy) is 2. The van der Waals surface area contributed by atoms with Gasteiger partial charge in [-0.2, -0.15) is 0 Å². The molecule has 0 saturated heterocycles. The smallest absolute Gasteiger partial charge is 0.348 e. The summed E-state index contributed by atoms with van der Waals surface area (Å²) in [5, 5.41) is 3.11. The molecule has 170 valence electrons. The highest BCUT2D eigenvalue weighted by molar-refractivity contribution is 7.20. The fraction of sp³-hybridized carbons (Fsp3) is 0.381. The summed E-state index contributed by atoms with van der Waals surface area (Å²) < 4.78 is 10.0. The summed E-state index contributed by atoms with van der Waals surface area (Å²) >= 11 is 1.11. The van der Waals surface area contributed by atoms with E-state index in [1.807, 2.05) is 19.1 Å². The average molecular weight is 460 g/mol. The fourth-order valence-electron chi connectivity index (χ4n) is 3.09. The van der Waals surface area contributed by atoms with Crippen molar-refractivity contribution in [3.63, 3.8) is 0 Å². The van der Waals surface area contributed by atoms with Crippen LogP contribution in [0.5, 0.6) is 0 Å². The van der Waals surface area contributed by atoms with Crippen molar-refractivity contribution in [1.29, 1.82) is 0 Å². The predicted octanol–water partition coefficient (Wildman–Crippen LogP) is 1.87. The third-order valence-corrected chi connectivity index (χ3v) is 5.71. The van der Waals surface area contributed by atoms with Gasteiger partial charge in [-0.3, -0.25) is 14.5 Å². The molecule has 11 heteroatoms.